The first kappa shape index (κ1) is 14.3. The van der Waals surface area contributed by atoms with Gasteiger partial charge in [0.15, 0.2) is 0 Å². The monoisotopic (exact) mass is 344 g/mol. The van der Waals surface area contributed by atoms with E-state index < -0.39 is 11.9 Å². The second-order valence-corrected chi connectivity index (χ2v) is 5.25. The third kappa shape index (κ3) is 3.08. The van der Waals surface area contributed by atoms with E-state index in [1.165, 1.54) is 12.1 Å². The van der Waals surface area contributed by atoms with Gasteiger partial charge in [0.2, 0.25) is 0 Å². The minimum atomic E-state index is -1.07. The van der Waals surface area contributed by atoms with Gasteiger partial charge >= 0.3 is 0 Å². The highest BCUT2D eigenvalue weighted by Gasteiger charge is 2.18. The van der Waals surface area contributed by atoms with Gasteiger partial charge in [-0.3, -0.25) is 0 Å². The Labute approximate surface area is 123 Å². The zero-order chi connectivity index (χ0) is 14.0. The summed E-state index contributed by atoms with van der Waals surface area (Å²) in [5.74, 6) is 0.113. The fourth-order valence-electron chi connectivity index (χ4n) is 1.75. The summed E-state index contributed by atoms with van der Waals surface area (Å²) < 4.78 is 19.5. The molecule has 100 valence electrons. The molecular formula is C14H11BrClFO2. The van der Waals surface area contributed by atoms with Crippen LogP contribution in [0, 0.1) is 5.82 Å². The molecule has 1 unspecified atom stereocenters. The van der Waals surface area contributed by atoms with Crippen LogP contribution < -0.4 is 4.74 Å². The predicted molar refractivity (Wildman–Crippen MR) is 76.2 cm³/mol. The lowest BCUT2D eigenvalue weighted by Gasteiger charge is -2.15. The van der Waals surface area contributed by atoms with Crippen molar-refractivity contribution < 1.29 is 14.2 Å². The summed E-state index contributed by atoms with van der Waals surface area (Å²) in [7, 11) is 1.55. The van der Waals surface area contributed by atoms with Gasteiger partial charge < -0.3 is 9.84 Å². The lowest BCUT2D eigenvalue weighted by molar-refractivity contribution is 0.214. The number of benzene rings is 2. The van der Waals surface area contributed by atoms with E-state index in [1.807, 2.05) is 0 Å². The van der Waals surface area contributed by atoms with E-state index in [4.69, 9.17) is 16.3 Å². The van der Waals surface area contributed by atoms with E-state index in [0.717, 1.165) is 0 Å². The van der Waals surface area contributed by atoms with Gasteiger partial charge in [-0.15, -0.1) is 0 Å². The Kier molecular flexibility index (Phi) is 4.45. The average Bonchev–Trinajstić information content (AvgIpc) is 2.37. The first-order valence-electron chi connectivity index (χ1n) is 5.49. The zero-order valence-electron chi connectivity index (χ0n) is 10.0. The summed E-state index contributed by atoms with van der Waals surface area (Å²) in [4.78, 5) is 0. The van der Waals surface area contributed by atoms with E-state index in [1.54, 1.807) is 31.4 Å². The highest BCUT2D eigenvalue weighted by atomic mass is 79.9. The Morgan fingerprint density at radius 3 is 2.47 bits per heavy atom. The van der Waals surface area contributed by atoms with Gasteiger partial charge in [-0.05, 0) is 29.8 Å². The molecule has 0 aliphatic carbocycles. The lowest BCUT2D eigenvalue weighted by atomic mass is 10.0. The van der Waals surface area contributed by atoms with Crippen LogP contribution in [0.3, 0.4) is 0 Å². The molecule has 2 aromatic carbocycles. The molecule has 0 bridgehead atoms. The number of aliphatic hydroxyl groups is 1. The van der Waals surface area contributed by atoms with E-state index in [-0.39, 0.29) is 5.56 Å². The highest BCUT2D eigenvalue weighted by Crippen LogP contribution is 2.33. The van der Waals surface area contributed by atoms with Crippen molar-refractivity contribution in [3.8, 4) is 5.75 Å². The number of hydrogen-bond acceptors (Lipinski definition) is 2. The van der Waals surface area contributed by atoms with Crippen LogP contribution in [0.2, 0.25) is 5.02 Å². The van der Waals surface area contributed by atoms with E-state index in [9.17, 15) is 9.50 Å². The summed E-state index contributed by atoms with van der Waals surface area (Å²) in [5, 5.41) is 10.5. The van der Waals surface area contributed by atoms with Gasteiger partial charge in [0, 0.05) is 15.1 Å². The maximum atomic E-state index is 13.8. The number of rotatable bonds is 3. The van der Waals surface area contributed by atoms with E-state index in [2.05, 4.69) is 15.9 Å². The van der Waals surface area contributed by atoms with Crippen molar-refractivity contribution in [2.24, 2.45) is 0 Å². The van der Waals surface area contributed by atoms with Gasteiger partial charge in [-0.25, -0.2) is 4.39 Å². The van der Waals surface area contributed by atoms with Crippen LogP contribution in [0.5, 0.6) is 5.75 Å². The Morgan fingerprint density at radius 2 is 1.89 bits per heavy atom. The number of ether oxygens (including phenoxy) is 1. The molecule has 0 aliphatic heterocycles. The molecule has 2 rings (SSSR count). The minimum absolute atomic E-state index is 0.176. The number of halogens is 3. The first-order chi connectivity index (χ1) is 9.02. The Morgan fingerprint density at radius 1 is 1.21 bits per heavy atom. The van der Waals surface area contributed by atoms with Crippen molar-refractivity contribution >= 4 is 27.5 Å². The van der Waals surface area contributed by atoms with E-state index in [0.29, 0.717) is 20.8 Å². The maximum absolute atomic E-state index is 13.8. The summed E-state index contributed by atoms with van der Waals surface area (Å²) in [6.07, 6.45) is -1.07. The minimum Gasteiger partial charge on any atom is -0.497 e. The Bertz CT molecular complexity index is 604. The molecule has 0 spiro atoms. The van der Waals surface area contributed by atoms with Crippen molar-refractivity contribution in [3.63, 3.8) is 0 Å². The van der Waals surface area contributed by atoms with Crippen LogP contribution in [0.15, 0.2) is 40.9 Å². The number of hydrogen-bond donors (Lipinski definition) is 1. The quantitative estimate of drug-likeness (QED) is 0.897. The van der Waals surface area contributed by atoms with Crippen LogP contribution in [-0.2, 0) is 0 Å². The third-order valence-corrected chi connectivity index (χ3v) is 3.68. The summed E-state index contributed by atoms with van der Waals surface area (Å²) in [6.45, 7) is 0. The molecule has 1 N–H and O–H groups in total. The zero-order valence-corrected chi connectivity index (χ0v) is 12.4. The molecule has 19 heavy (non-hydrogen) atoms. The Hall–Kier alpha value is -1.10. The van der Waals surface area contributed by atoms with Crippen molar-refractivity contribution in [1.82, 2.24) is 0 Å². The lowest BCUT2D eigenvalue weighted by Crippen LogP contribution is -2.03. The molecule has 0 saturated heterocycles. The fraction of sp³-hybridized carbons (Fsp3) is 0.143. The summed E-state index contributed by atoms with van der Waals surface area (Å²) in [6, 6.07) is 9.29. The second-order valence-electron chi connectivity index (χ2n) is 3.96. The van der Waals surface area contributed by atoms with Crippen molar-refractivity contribution in [1.29, 1.82) is 0 Å². The van der Waals surface area contributed by atoms with Gasteiger partial charge in [-0.2, -0.15) is 0 Å². The van der Waals surface area contributed by atoms with Crippen LogP contribution in [-0.4, -0.2) is 12.2 Å². The summed E-state index contributed by atoms with van der Waals surface area (Å²) >= 11 is 9.03. The normalized spacial score (nSPS) is 12.3. The molecule has 2 aromatic rings. The van der Waals surface area contributed by atoms with E-state index >= 15 is 0 Å². The summed E-state index contributed by atoms with van der Waals surface area (Å²) in [5.41, 5.74) is 0.734. The van der Waals surface area contributed by atoms with Crippen LogP contribution in [0.1, 0.15) is 17.2 Å². The van der Waals surface area contributed by atoms with Gasteiger partial charge in [-0.1, -0.05) is 39.7 Å². The fourth-order valence-corrected chi connectivity index (χ4v) is 2.48. The predicted octanol–water partition coefficient (Wildman–Crippen LogP) is 4.33. The SMILES string of the molecule is COc1ccc(C(O)c2ccc(Cl)cc2F)c(Br)c1. The smallest absolute Gasteiger partial charge is 0.130 e. The molecular weight excluding hydrogens is 335 g/mol. The molecule has 0 aromatic heterocycles. The molecule has 2 nitrogen and oxygen atoms in total. The first-order valence-corrected chi connectivity index (χ1v) is 6.66. The number of methoxy groups -OCH3 is 1. The maximum Gasteiger partial charge on any atom is 0.130 e. The Balaban J connectivity index is 2.41. The number of aliphatic hydroxyl groups excluding tert-OH is 1. The molecule has 0 fully saturated rings. The highest BCUT2D eigenvalue weighted by molar-refractivity contribution is 9.10. The molecule has 5 heteroatoms. The van der Waals surface area contributed by atoms with Gasteiger partial charge in [0.25, 0.3) is 0 Å². The van der Waals surface area contributed by atoms with Crippen LogP contribution in [0.4, 0.5) is 4.39 Å². The van der Waals surface area contributed by atoms with Gasteiger partial charge in [0.05, 0.1) is 7.11 Å². The second kappa shape index (κ2) is 5.90. The molecule has 0 aliphatic rings. The standard InChI is InChI=1S/C14H11BrClFO2/c1-19-9-3-5-10(12(15)7-9)14(18)11-4-2-8(16)6-13(11)17/h2-7,14,18H,1H3. The van der Waals surface area contributed by atoms with Crippen LogP contribution >= 0.6 is 27.5 Å². The molecule has 0 heterocycles. The largest absolute Gasteiger partial charge is 0.497 e. The van der Waals surface area contributed by atoms with Crippen molar-refractivity contribution in [2.45, 2.75) is 6.10 Å². The third-order valence-electron chi connectivity index (χ3n) is 2.76. The van der Waals surface area contributed by atoms with Crippen molar-refractivity contribution in [3.05, 3.63) is 62.8 Å². The molecule has 0 saturated carbocycles. The molecule has 0 amide bonds. The van der Waals surface area contributed by atoms with Gasteiger partial charge in [0.1, 0.15) is 17.7 Å². The molecule has 1 atom stereocenters. The van der Waals surface area contributed by atoms with Crippen LogP contribution in [0.25, 0.3) is 0 Å². The average molecular weight is 346 g/mol. The van der Waals surface area contributed by atoms with Crippen molar-refractivity contribution in [2.75, 3.05) is 7.11 Å². The molecule has 0 radical (unpaired) electrons. The topological polar surface area (TPSA) is 29.5 Å².